The summed E-state index contributed by atoms with van der Waals surface area (Å²) < 4.78 is 27.9. The molecule has 0 amide bonds. The van der Waals surface area contributed by atoms with Crippen LogP contribution in [0, 0.1) is 0 Å². The Balaban J connectivity index is 2.54. The van der Waals surface area contributed by atoms with E-state index in [4.69, 9.17) is 4.42 Å². The molecule has 0 N–H and O–H groups in total. The van der Waals surface area contributed by atoms with Crippen molar-refractivity contribution in [2.75, 3.05) is 0 Å². The minimum atomic E-state index is -3.45. The molecule has 0 aliphatic carbocycles. The zero-order chi connectivity index (χ0) is 9.47. The minimum absolute atomic E-state index is 0.0774. The molecule has 1 aromatic rings. The van der Waals surface area contributed by atoms with E-state index in [0.717, 1.165) is 0 Å². The van der Waals surface area contributed by atoms with Crippen molar-refractivity contribution in [1.82, 2.24) is 0 Å². The van der Waals surface area contributed by atoms with E-state index in [9.17, 15) is 8.42 Å². The predicted octanol–water partition coefficient (Wildman–Crippen LogP) is 1.76. The van der Waals surface area contributed by atoms with Gasteiger partial charge in [0.05, 0.1) is 12.5 Å². The number of halogens is 1. The zero-order valence-corrected chi connectivity index (χ0v) is 8.67. The lowest BCUT2D eigenvalue weighted by molar-refractivity contribution is 0.553. The van der Waals surface area contributed by atoms with E-state index in [1.165, 1.54) is 12.5 Å². The molecule has 1 aliphatic rings. The largest absolute Gasteiger partial charge is 0.464 e. The standard InChI is InChI=1S/C7H4BrNO3S/c8-7-9-4-6(13(7,10)11)5-2-1-3-12-5/h1-4H. The summed E-state index contributed by atoms with van der Waals surface area (Å²) in [4.78, 5) is 3.74. The fourth-order valence-electron chi connectivity index (χ4n) is 0.954. The monoisotopic (exact) mass is 261 g/mol. The van der Waals surface area contributed by atoms with Gasteiger partial charge in [0.15, 0.2) is 0 Å². The first kappa shape index (κ1) is 8.71. The molecule has 2 rings (SSSR count). The van der Waals surface area contributed by atoms with Gasteiger partial charge < -0.3 is 4.42 Å². The maximum Gasteiger partial charge on any atom is 0.235 e. The molecule has 2 heterocycles. The molecule has 13 heavy (non-hydrogen) atoms. The first-order chi connectivity index (χ1) is 6.12. The molecule has 0 saturated heterocycles. The highest BCUT2D eigenvalue weighted by Gasteiger charge is 2.30. The lowest BCUT2D eigenvalue weighted by atomic mass is 10.4. The molecular weight excluding hydrogens is 258 g/mol. The summed E-state index contributed by atoms with van der Waals surface area (Å²) in [6.07, 6.45) is 2.68. The Bertz CT molecular complexity index is 484. The van der Waals surface area contributed by atoms with Crippen LogP contribution in [0.1, 0.15) is 5.76 Å². The number of aliphatic imine (C=N–C) groups is 1. The quantitative estimate of drug-likeness (QED) is 0.774. The average Bonchev–Trinajstić information content (AvgIpc) is 2.62. The van der Waals surface area contributed by atoms with Gasteiger partial charge in [0, 0.05) is 0 Å². The fourth-order valence-corrected chi connectivity index (χ4v) is 2.52. The summed E-state index contributed by atoms with van der Waals surface area (Å²) >= 11 is 2.85. The van der Waals surface area contributed by atoms with Crippen LogP contribution in [0.2, 0.25) is 0 Å². The van der Waals surface area contributed by atoms with Gasteiger partial charge in [0.25, 0.3) is 0 Å². The van der Waals surface area contributed by atoms with Crippen LogP contribution in [0.3, 0.4) is 0 Å². The van der Waals surface area contributed by atoms with Gasteiger partial charge in [-0.3, -0.25) is 0 Å². The van der Waals surface area contributed by atoms with Crippen molar-refractivity contribution in [3.8, 4) is 0 Å². The van der Waals surface area contributed by atoms with E-state index in [1.54, 1.807) is 12.1 Å². The second kappa shape index (κ2) is 2.81. The fraction of sp³-hybridized carbons (Fsp3) is 0. The van der Waals surface area contributed by atoms with E-state index < -0.39 is 9.84 Å². The van der Waals surface area contributed by atoms with Crippen LogP contribution in [-0.2, 0) is 9.84 Å². The van der Waals surface area contributed by atoms with Crippen molar-refractivity contribution >= 4 is 34.6 Å². The second-order valence-electron chi connectivity index (χ2n) is 2.36. The Kier molecular flexibility index (Phi) is 1.88. The highest BCUT2D eigenvalue weighted by Crippen LogP contribution is 2.29. The number of hydrogen-bond acceptors (Lipinski definition) is 4. The van der Waals surface area contributed by atoms with E-state index in [2.05, 4.69) is 20.9 Å². The highest BCUT2D eigenvalue weighted by atomic mass is 79.9. The van der Waals surface area contributed by atoms with E-state index in [-0.39, 0.29) is 8.86 Å². The molecule has 0 bridgehead atoms. The van der Waals surface area contributed by atoms with Crippen LogP contribution in [-0.4, -0.2) is 12.4 Å². The Morgan fingerprint density at radius 2 is 2.23 bits per heavy atom. The van der Waals surface area contributed by atoms with E-state index in [0.29, 0.717) is 5.76 Å². The SMILES string of the molecule is O=S1(=O)C(c2ccco2)=CN=C1Br. The number of furan rings is 1. The molecule has 0 fully saturated rings. The van der Waals surface area contributed by atoms with Crippen LogP contribution in [0.25, 0.3) is 4.91 Å². The molecule has 1 aliphatic heterocycles. The molecule has 0 aromatic carbocycles. The summed E-state index contributed by atoms with van der Waals surface area (Å²) in [7, 11) is -3.45. The average molecular weight is 262 g/mol. The van der Waals surface area contributed by atoms with Gasteiger partial charge >= 0.3 is 0 Å². The highest BCUT2D eigenvalue weighted by molar-refractivity contribution is 9.22. The lowest BCUT2D eigenvalue weighted by Gasteiger charge is -1.96. The van der Waals surface area contributed by atoms with Gasteiger partial charge in [-0.1, -0.05) is 0 Å². The second-order valence-corrected chi connectivity index (χ2v) is 5.47. The first-order valence-electron chi connectivity index (χ1n) is 3.35. The smallest absolute Gasteiger partial charge is 0.235 e. The number of sulfone groups is 1. The summed E-state index contributed by atoms with van der Waals surface area (Å²) in [6.45, 7) is 0. The van der Waals surface area contributed by atoms with Crippen molar-refractivity contribution in [2.24, 2.45) is 4.99 Å². The van der Waals surface area contributed by atoms with Gasteiger partial charge in [0.2, 0.25) is 13.8 Å². The molecule has 0 radical (unpaired) electrons. The van der Waals surface area contributed by atoms with Crippen LogP contribution >= 0.6 is 15.9 Å². The number of nitrogens with zero attached hydrogens (tertiary/aromatic N) is 1. The van der Waals surface area contributed by atoms with Crippen LogP contribution < -0.4 is 0 Å². The molecule has 0 saturated carbocycles. The summed E-state index contributed by atoms with van der Waals surface area (Å²) in [5.74, 6) is 0.304. The van der Waals surface area contributed by atoms with Crippen molar-refractivity contribution in [2.45, 2.75) is 0 Å². The van der Waals surface area contributed by atoms with Gasteiger partial charge in [-0.25, -0.2) is 13.4 Å². The Labute approximate surface area is 83.0 Å². The topological polar surface area (TPSA) is 59.6 Å². The van der Waals surface area contributed by atoms with Crippen LogP contribution in [0.5, 0.6) is 0 Å². The van der Waals surface area contributed by atoms with E-state index in [1.807, 2.05) is 0 Å². The van der Waals surface area contributed by atoms with Crippen molar-refractivity contribution in [3.05, 3.63) is 30.4 Å². The zero-order valence-electron chi connectivity index (χ0n) is 6.27. The third kappa shape index (κ3) is 1.26. The molecular formula is C7H4BrNO3S. The molecule has 0 spiro atoms. The Morgan fingerprint density at radius 3 is 2.69 bits per heavy atom. The Hall–Kier alpha value is -0.880. The third-order valence-electron chi connectivity index (χ3n) is 1.56. The van der Waals surface area contributed by atoms with Gasteiger partial charge in [-0.2, -0.15) is 0 Å². The molecule has 0 atom stereocenters. The summed E-state index contributed by atoms with van der Waals surface area (Å²) in [5.41, 5.74) is 0. The van der Waals surface area contributed by atoms with Crippen molar-refractivity contribution in [3.63, 3.8) is 0 Å². The first-order valence-corrected chi connectivity index (χ1v) is 5.62. The minimum Gasteiger partial charge on any atom is -0.464 e. The molecule has 0 unspecified atom stereocenters. The van der Waals surface area contributed by atoms with Gasteiger partial charge in [-0.05, 0) is 28.1 Å². The van der Waals surface area contributed by atoms with Crippen molar-refractivity contribution in [1.29, 1.82) is 0 Å². The molecule has 1 aromatic heterocycles. The Morgan fingerprint density at radius 1 is 1.46 bits per heavy atom. The van der Waals surface area contributed by atoms with Gasteiger partial charge in [0.1, 0.15) is 10.7 Å². The maximum atomic E-state index is 11.5. The van der Waals surface area contributed by atoms with Crippen molar-refractivity contribution < 1.29 is 12.8 Å². The predicted molar refractivity (Wildman–Crippen MR) is 52.0 cm³/mol. The normalized spacial score (nSPS) is 19.8. The van der Waals surface area contributed by atoms with E-state index >= 15 is 0 Å². The number of hydrogen-bond donors (Lipinski definition) is 0. The number of rotatable bonds is 1. The molecule has 68 valence electrons. The maximum absolute atomic E-state index is 11.5. The summed E-state index contributed by atoms with van der Waals surface area (Å²) in [5, 5.41) is 0. The molecule has 6 heteroatoms. The van der Waals surface area contributed by atoms with Gasteiger partial charge in [-0.15, -0.1) is 0 Å². The lowest BCUT2D eigenvalue weighted by Crippen LogP contribution is -2.05. The van der Waals surface area contributed by atoms with Crippen LogP contribution in [0.15, 0.2) is 34.0 Å². The molecule has 4 nitrogen and oxygen atoms in total. The summed E-state index contributed by atoms with van der Waals surface area (Å²) in [6, 6.07) is 3.20. The van der Waals surface area contributed by atoms with Crippen LogP contribution in [0.4, 0.5) is 0 Å². The third-order valence-corrected chi connectivity index (χ3v) is 4.48.